The molecule has 1 aliphatic heterocycles. The van der Waals surface area contributed by atoms with E-state index in [1.807, 2.05) is 78.9 Å². The predicted molar refractivity (Wildman–Crippen MR) is 147 cm³/mol. The molecule has 0 bridgehead atoms. The van der Waals surface area contributed by atoms with E-state index in [-0.39, 0.29) is 0 Å². The number of dihydropyridines is 1. The lowest BCUT2D eigenvalue weighted by atomic mass is 10.1. The highest BCUT2D eigenvalue weighted by molar-refractivity contribution is 5.83. The molecular formula is C30H19N9. The summed E-state index contributed by atoms with van der Waals surface area (Å²) in [5.74, 6) is 0. The van der Waals surface area contributed by atoms with Gasteiger partial charge in [0.05, 0.1) is 56.9 Å². The van der Waals surface area contributed by atoms with Gasteiger partial charge in [0.1, 0.15) is 24.3 Å². The smallest absolute Gasteiger partial charge is 0.116 e. The molecule has 0 unspecified atom stereocenters. The van der Waals surface area contributed by atoms with Crippen molar-refractivity contribution in [2.75, 3.05) is 0 Å². The average molecular weight is 506 g/mol. The molecule has 9 heteroatoms. The summed E-state index contributed by atoms with van der Waals surface area (Å²) in [6, 6.07) is 22.8. The van der Waals surface area contributed by atoms with Crippen molar-refractivity contribution in [1.82, 2.24) is 40.2 Å². The molecule has 1 aliphatic rings. The molecule has 0 saturated heterocycles. The summed E-state index contributed by atoms with van der Waals surface area (Å²) >= 11 is 0. The molecule has 39 heavy (non-hydrogen) atoms. The maximum absolute atomic E-state index is 10.1. The van der Waals surface area contributed by atoms with Gasteiger partial charge in [-0.2, -0.15) is 5.26 Å². The van der Waals surface area contributed by atoms with Crippen molar-refractivity contribution in [2.45, 2.75) is 0 Å². The Morgan fingerprint density at radius 2 is 1.26 bits per heavy atom. The molecule has 0 amide bonds. The molecule has 0 spiro atoms. The molecule has 0 saturated carbocycles. The van der Waals surface area contributed by atoms with Crippen LogP contribution in [0.15, 0.2) is 116 Å². The van der Waals surface area contributed by atoms with Crippen LogP contribution in [0.2, 0.25) is 0 Å². The Morgan fingerprint density at radius 1 is 0.641 bits per heavy atom. The molecule has 5 aromatic rings. The maximum atomic E-state index is 10.1. The minimum absolute atomic E-state index is 0.386. The van der Waals surface area contributed by atoms with Crippen molar-refractivity contribution in [1.29, 1.82) is 5.26 Å². The fraction of sp³-hybridized carbons (Fsp3) is 0. The number of allylic oxidation sites excluding steroid dienone is 4. The molecule has 5 aromatic heterocycles. The molecule has 184 valence electrons. The van der Waals surface area contributed by atoms with Gasteiger partial charge in [-0.1, -0.05) is 24.3 Å². The van der Waals surface area contributed by atoms with Crippen molar-refractivity contribution in [3.8, 4) is 40.2 Å². The summed E-state index contributed by atoms with van der Waals surface area (Å²) in [5.41, 5.74) is 7.03. The fourth-order valence-corrected chi connectivity index (χ4v) is 4.05. The molecule has 0 fully saturated rings. The Labute approximate surface area is 224 Å². The second-order valence-electron chi connectivity index (χ2n) is 8.38. The van der Waals surface area contributed by atoms with E-state index in [1.165, 1.54) is 12.7 Å². The lowest BCUT2D eigenvalue weighted by molar-refractivity contribution is 1.06. The van der Waals surface area contributed by atoms with Crippen LogP contribution in [0.25, 0.3) is 45.4 Å². The van der Waals surface area contributed by atoms with Crippen molar-refractivity contribution >= 4 is 11.3 Å². The summed E-state index contributed by atoms with van der Waals surface area (Å²) in [6.45, 7) is 0. The lowest BCUT2D eigenvalue weighted by Crippen LogP contribution is -2.16. The van der Waals surface area contributed by atoms with Crippen LogP contribution in [0.4, 0.5) is 0 Å². The Hall–Kier alpha value is -5.88. The van der Waals surface area contributed by atoms with Gasteiger partial charge in [-0.3, -0.25) is 9.97 Å². The van der Waals surface area contributed by atoms with Gasteiger partial charge in [0.15, 0.2) is 0 Å². The predicted octanol–water partition coefficient (Wildman–Crippen LogP) is 4.89. The monoisotopic (exact) mass is 505 g/mol. The summed E-state index contributed by atoms with van der Waals surface area (Å²) in [5, 5.41) is 13.5. The zero-order valence-corrected chi connectivity index (χ0v) is 20.5. The van der Waals surface area contributed by atoms with Gasteiger partial charge in [0.25, 0.3) is 0 Å². The van der Waals surface area contributed by atoms with Gasteiger partial charge in [-0.15, -0.1) is 0 Å². The zero-order valence-electron chi connectivity index (χ0n) is 20.5. The summed E-state index contributed by atoms with van der Waals surface area (Å²) < 4.78 is 0. The van der Waals surface area contributed by atoms with Crippen molar-refractivity contribution in [3.05, 3.63) is 127 Å². The van der Waals surface area contributed by atoms with Crippen LogP contribution in [-0.4, -0.2) is 34.9 Å². The first-order chi connectivity index (χ1) is 19.3. The summed E-state index contributed by atoms with van der Waals surface area (Å²) in [6.07, 6.45) is 12.0. The first kappa shape index (κ1) is 23.5. The normalized spacial score (nSPS) is 13.7. The first-order valence-corrected chi connectivity index (χ1v) is 12.0. The van der Waals surface area contributed by atoms with E-state index in [0.29, 0.717) is 45.4 Å². The van der Waals surface area contributed by atoms with Crippen LogP contribution in [0, 0.1) is 11.3 Å². The van der Waals surface area contributed by atoms with Crippen molar-refractivity contribution in [3.63, 3.8) is 0 Å². The van der Waals surface area contributed by atoms with Gasteiger partial charge >= 0.3 is 0 Å². The van der Waals surface area contributed by atoms with Crippen molar-refractivity contribution < 1.29 is 0 Å². The molecule has 0 atom stereocenters. The third-order valence-corrected chi connectivity index (χ3v) is 5.91. The number of pyridine rings is 3. The highest BCUT2D eigenvalue weighted by Gasteiger charge is 2.16. The molecule has 0 radical (unpaired) electrons. The van der Waals surface area contributed by atoms with E-state index in [2.05, 4.69) is 41.3 Å². The second-order valence-corrected chi connectivity index (χ2v) is 8.38. The van der Waals surface area contributed by atoms with E-state index >= 15 is 0 Å². The first-order valence-electron chi connectivity index (χ1n) is 12.0. The maximum Gasteiger partial charge on any atom is 0.116 e. The van der Waals surface area contributed by atoms with Gasteiger partial charge in [-0.25, -0.2) is 24.9 Å². The molecular weight excluding hydrogens is 486 g/mol. The van der Waals surface area contributed by atoms with Gasteiger partial charge in [0.2, 0.25) is 0 Å². The number of hydrogen-bond donors (Lipinski definition) is 1. The molecule has 6 rings (SSSR count). The number of hydrogen-bond acceptors (Lipinski definition) is 9. The molecule has 9 nitrogen and oxygen atoms in total. The minimum Gasteiger partial charge on any atom is -0.353 e. The highest BCUT2D eigenvalue weighted by Crippen LogP contribution is 2.26. The summed E-state index contributed by atoms with van der Waals surface area (Å²) in [7, 11) is 0. The van der Waals surface area contributed by atoms with E-state index in [1.54, 1.807) is 18.5 Å². The van der Waals surface area contributed by atoms with Crippen LogP contribution >= 0.6 is 0 Å². The highest BCUT2D eigenvalue weighted by atomic mass is 15.0. The van der Waals surface area contributed by atoms with Gasteiger partial charge in [0, 0.05) is 12.4 Å². The quantitative estimate of drug-likeness (QED) is 0.332. The molecule has 0 aromatic carbocycles. The number of nitrogens with zero attached hydrogens (tertiary/aromatic N) is 8. The largest absolute Gasteiger partial charge is 0.353 e. The van der Waals surface area contributed by atoms with Crippen LogP contribution in [0.1, 0.15) is 11.4 Å². The molecule has 1 N–H and O–H groups in total. The van der Waals surface area contributed by atoms with E-state index in [4.69, 9.17) is 4.98 Å². The average Bonchev–Trinajstić information content (AvgIpc) is 3.03. The van der Waals surface area contributed by atoms with E-state index in [0.717, 1.165) is 17.1 Å². The third-order valence-electron chi connectivity index (χ3n) is 5.91. The van der Waals surface area contributed by atoms with Gasteiger partial charge < -0.3 is 5.32 Å². The standard InChI is InChI=1S/C30H19N9/c31-17-20(21-9-5-11-25(38-21)29-15-27(34-18-36-29)23-7-1-3-13-32-23)22-10-6-12-26(39-22)30-16-28(35-19-37-30)24-8-2-4-14-33-24/h1-16,18-19,38H/b21-20+. The van der Waals surface area contributed by atoms with Crippen molar-refractivity contribution in [2.24, 2.45) is 0 Å². The van der Waals surface area contributed by atoms with Crippen LogP contribution in [0.5, 0.6) is 0 Å². The topological polar surface area (TPSA) is 126 Å². The van der Waals surface area contributed by atoms with Crippen LogP contribution in [-0.2, 0) is 0 Å². The third kappa shape index (κ3) is 5.03. The van der Waals surface area contributed by atoms with Crippen LogP contribution in [0.3, 0.4) is 0 Å². The number of rotatable bonds is 5. The Bertz CT molecular complexity index is 1790. The van der Waals surface area contributed by atoms with E-state index < -0.39 is 0 Å². The van der Waals surface area contributed by atoms with Gasteiger partial charge in [-0.05, 0) is 60.7 Å². The summed E-state index contributed by atoms with van der Waals surface area (Å²) in [4.78, 5) is 31.0. The number of nitrogens with one attached hydrogen (secondary N) is 1. The minimum atomic E-state index is 0.386. The lowest BCUT2D eigenvalue weighted by Gasteiger charge is -2.16. The van der Waals surface area contributed by atoms with E-state index in [9.17, 15) is 5.26 Å². The Morgan fingerprint density at radius 3 is 1.90 bits per heavy atom. The molecule has 0 aliphatic carbocycles. The Kier molecular flexibility index (Phi) is 6.40. The zero-order chi connectivity index (χ0) is 26.4. The second kappa shape index (κ2) is 10.6. The Balaban J connectivity index is 1.31. The number of nitriles is 1. The van der Waals surface area contributed by atoms with Crippen LogP contribution < -0.4 is 5.32 Å². The number of aromatic nitrogens is 7. The fourth-order valence-electron chi connectivity index (χ4n) is 4.05. The molecule has 6 heterocycles. The SMILES string of the molecule is N#C/C(=C1/C=CC=C(c2cc(-c3ccccn3)ncn2)N1)c1cccc(-c2cc(-c3ccccn3)ncn2)n1.